The fourth-order valence-electron chi connectivity index (χ4n) is 3.86. The Balaban J connectivity index is 1.36. The van der Waals surface area contributed by atoms with E-state index in [1.54, 1.807) is 54.9 Å². The summed E-state index contributed by atoms with van der Waals surface area (Å²) in [6.45, 7) is 3.58. The second-order valence-electron chi connectivity index (χ2n) is 7.84. The fraction of sp³-hybridized carbons (Fsp3) is 0.381. The number of carbonyl (C=O) groups is 2. The Kier molecular flexibility index (Phi) is 5.11. The highest BCUT2D eigenvalue weighted by atomic mass is 79.9. The van der Waals surface area contributed by atoms with Crippen molar-refractivity contribution in [1.29, 1.82) is 0 Å². The molecule has 2 saturated heterocycles. The summed E-state index contributed by atoms with van der Waals surface area (Å²) in [5, 5.41) is 0. The molecule has 162 valence electrons. The highest BCUT2D eigenvalue weighted by Crippen LogP contribution is 2.39. The fourth-order valence-corrected chi connectivity index (χ4v) is 5.06. The van der Waals surface area contributed by atoms with E-state index in [1.165, 1.54) is 18.4 Å². The van der Waals surface area contributed by atoms with Crippen molar-refractivity contribution in [2.24, 2.45) is 0 Å². The maximum absolute atomic E-state index is 13.1. The lowest BCUT2D eigenvalue weighted by molar-refractivity contribution is -0.210. The van der Waals surface area contributed by atoms with Crippen LogP contribution in [0, 0.1) is 0 Å². The van der Waals surface area contributed by atoms with Crippen molar-refractivity contribution in [3.8, 4) is 0 Å². The number of fused-ring (bicyclic) bond motifs is 2. The summed E-state index contributed by atoms with van der Waals surface area (Å²) in [5.41, 5.74) is 0.861. The van der Waals surface area contributed by atoms with Gasteiger partial charge in [-0.2, -0.15) is 0 Å². The molecule has 2 aromatic heterocycles. The van der Waals surface area contributed by atoms with Crippen LogP contribution in [0.1, 0.15) is 39.6 Å². The van der Waals surface area contributed by atoms with Gasteiger partial charge >= 0.3 is 0 Å². The number of hydrogen-bond donors (Lipinski definition) is 0. The standard InChI is InChI=1S/C21H19BrN2O6S/c1-21(2)29-18-17(27-3)16(28-19(18)30-21)15(26)13-9-24-8-12(23-20(24)31-13)14(25)10-4-6-11(22)7-5-10/h4-9,16-19H,1-3H3/t16-,17+,18-,19-/m1/s1. The molecule has 31 heavy (non-hydrogen) atoms. The third kappa shape index (κ3) is 3.67. The number of benzene rings is 1. The van der Waals surface area contributed by atoms with Crippen LogP contribution in [0.4, 0.5) is 0 Å². The molecule has 4 heterocycles. The third-order valence-electron chi connectivity index (χ3n) is 5.26. The summed E-state index contributed by atoms with van der Waals surface area (Å²) >= 11 is 4.55. The number of imidazole rings is 1. The number of halogens is 1. The molecule has 0 radical (unpaired) electrons. The molecule has 2 aliphatic heterocycles. The minimum absolute atomic E-state index is 0.181. The third-order valence-corrected chi connectivity index (χ3v) is 6.80. The summed E-state index contributed by atoms with van der Waals surface area (Å²) in [7, 11) is 1.52. The first kappa shape index (κ1) is 20.9. The van der Waals surface area contributed by atoms with E-state index in [9.17, 15) is 9.59 Å². The van der Waals surface area contributed by atoms with Crippen LogP contribution in [0.15, 0.2) is 41.1 Å². The monoisotopic (exact) mass is 506 g/mol. The van der Waals surface area contributed by atoms with Crippen molar-refractivity contribution in [3.05, 3.63) is 57.3 Å². The van der Waals surface area contributed by atoms with Gasteiger partial charge in [-0.3, -0.25) is 14.0 Å². The molecule has 0 aliphatic carbocycles. The van der Waals surface area contributed by atoms with Crippen LogP contribution in [-0.4, -0.2) is 58.4 Å². The molecule has 8 nitrogen and oxygen atoms in total. The zero-order valence-electron chi connectivity index (χ0n) is 16.9. The van der Waals surface area contributed by atoms with Gasteiger partial charge in [-0.1, -0.05) is 27.3 Å². The van der Waals surface area contributed by atoms with E-state index in [4.69, 9.17) is 18.9 Å². The van der Waals surface area contributed by atoms with Gasteiger partial charge in [-0.15, -0.1) is 0 Å². The number of ketones is 2. The molecule has 2 fully saturated rings. The van der Waals surface area contributed by atoms with E-state index in [1.807, 2.05) is 0 Å². The zero-order valence-corrected chi connectivity index (χ0v) is 19.3. The van der Waals surface area contributed by atoms with Crippen molar-refractivity contribution >= 4 is 43.8 Å². The molecule has 0 spiro atoms. The van der Waals surface area contributed by atoms with Crippen molar-refractivity contribution in [2.45, 2.75) is 44.2 Å². The number of ether oxygens (including phenoxy) is 4. The quantitative estimate of drug-likeness (QED) is 0.489. The van der Waals surface area contributed by atoms with Crippen molar-refractivity contribution in [3.63, 3.8) is 0 Å². The Bertz CT molecular complexity index is 1140. The Morgan fingerprint density at radius 3 is 2.61 bits per heavy atom. The number of rotatable bonds is 5. The molecule has 4 atom stereocenters. The predicted octanol–water partition coefficient (Wildman–Crippen LogP) is 3.46. The summed E-state index contributed by atoms with van der Waals surface area (Å²) in [6.07, 6.45) is 0.719. The van der Waals surface area contributed by atoms with Crippen LogP contribution < -0.4 is 0 Å². The van der Waals surface area contributed by atoms with E-state index in [0.717, 1.165) is 4.47 Å². The summed E-state index contributed by atoms with van der Waals surface area (Å²) in [6, 6.07) is 7.08. The van der Waals surface area contributed by atoms with Gasteiger partial charge in [0.1, 0.15) is 17.9 Å². The molecule has 2 aliphatic rings. The van der Waals surface area contributed by atoms with E-state index in [2.05, 4.69) is 20.9 Å². The van der Waals surface area contributed by atoms with Gasteiger partial charge in [-0.25, -0.2) is 4.98 Å². The van der Waals surface area contributed by atoms with Gasteiger partial charge in [0.2, 0.25) is 11.6 Å². The molecule has 0 amide bonds. The number of aromatic nitrogens is 2. The average molecular weight is 507 g/mol. The SMILES string of the molecule is CO[C@@H]1[C@H]2OC(C)(C)O[C@H]2O[C@@H]1C(=O)c1cn2cc(C(=O)c3ccc(Br)cc3)nc2s1. The minimum Gasteiger partial charge on any atom is -0.375 e. The van der Waals surface area contributed by atoms with E-state index in [0.29, 0.717) is 21.1 Å². The maximum Gasteiger partial charge on any atom is 0.212 e. The van der Waals surface area contributed by atoms with Crippen molar-refractivity contribution < 1.29 is 28.5 Å². The number of thiazole rings is 1. The van der Waals surface area contributed by atoms with Crippen LogP contribution in [0.25, 0.3) is 4.96 Å². The van der Waals surface area contributed by atoms with Gasteiger partial charge in [0.25, 0.3) is 0 Å². The lowest BCUT2D eigenvalue weighted by atomic mass is 10.1. The molecule has 10 heteroatoms. The zero-order chi connectivity index (χ0) is 21.9. The molecule has 1 aromatic carbocycles. The van der Waals surface area contributed by atoms with E-state index < -0.39 is 30.4 Å². The molecule has 0 bridgehead atoms. The van der Waals surface area contributed by atoms with Gasteiger partial charge in [-0.05, 0) is 38.1 Å². The minimum atomic E-state index is -0.844. The Labute approximate surface area is 190 Å². The van der Waals surface area contributed by atoms with E-state index >= 15 is 0 Å². The number of hydrogen-bond acceptors (Lipinski definition) is 8. The second kappa shape index (κ2) is 7.58. The molecule has 0 N–H and O–H groups in total. The highest BCUT2D eigenvalue weighted by molar-refractivity contribution is 9.10. The molecule has 0 unspecified atom stereocenters. The first-order chi connectivity index (χ1) is 14.8. The normalized spacial score (nSPS) is 27.0. The number of methoxy groups -OCH3 is 1. The van der Waals surface area contributed by atoms with Crippen LogP contribution >= 0.6 is 27.3 Å². The Hall–Kier alpha value is -1.95. The smallest absolute Gasteiger partial charge is 0.212 e. The Morgan fingerprint density at radius 1 is 1.19 bits per heavy atom. The van der Waals surface area contributed by atoms with Crippen LogP contribution in [-0.2, 0) is 18.9 Å². The largest absolute Gasteiger partial charge is 0.375 e. The van der Waals surface area contributed by atoms with Crippen LogP contribution in [0.3, 0.4) is 0 Å². The summed E-state index contributed by atoms with van der Waals surface area (Å²) < 4.78 is 25.5. The van der Waals surface area contributed by atoms with Crippen LogP contribution in [0.2, 0.25) is 0 Å². The average Bonchev–Trinajstić information content (AvgIpc) is 3.44. The van der Waals surface area contributed by atoms with E-state index in [-0.39, 0.29) is 11.6 Å². The topological polar surface area (TPSA) is 88.4 Å². The molecule has 0 saturated carbocycles. The lowest BCUT2D eigenvalue weighted by Crippen LogP contribution is -2.39. The summed E-state index contributed by atoms with van der Waals surface area (Å²) in [4.78, 5) is 31.2. The Morgan fingerprint density at radius 2 is 1.94 bits per heavy atom. The summed E-state index contributed by atoms with van der Waals surface area (Å²) in [5.74, 6) is -1.20. The van der Waals surface area contributed by atoms with Crippen molar-refractivity contribution in [2.75, 3.05) is 7.11 Å². The molecule has 5 rings (SSSR count). The van der Waals surface area contributed by atoms with Crippen molar-refractivity contribution in [1.82, 2.24) is 9.38 Å². The number of nitrogens with zero attached hydrogens (tertiary/aromatic N) is 2. The molecular weight excluding hydrogens is 488 g/mol. The molecule has 3 aromatic rings. The first-order valence-corrected chi connectivity index (χ1v) is 11.2. The van der Waals surface area contributed by atoms with Gasteiger partial charge in [0.15, 0.2) is 23.1 Å². The van der Waals surface area contributed by atoms with Crippen LogP contribution in [0.5, 0.6) is 0 Å². The maximum atomic E-state index is 13.1. The lowest BCUT2D eigenvalue weighted by Gasteiger charge is -2.23. The highest BCUT2D eigenvalue weighted by Gasteiger charge is 2.57. The van der Waals surface area contributed by atoms with Gasteiger partial charge < -0.3 is 18.9 Å². The number of carbonyl (C=O) groups excluding carboxylic acids is 2. The predicted molar refractivity (Wildman–Crippen MR) is 114 cm³/mol. The molecular formula is C21H19BrN2O6S. The van der Waals surface area contributed by atoms with Gasteiger partial charge in [0.05, 0.1) is 4.88 Å². The number of Topliss-reactive ketones (excluding diaryl/α,β-unsaturated/α-hetero) is 1. The first-order valence-electron chi connectivity index (χ1n) is 9.63. The van der Waals surface area contributed by atoms with Gasteiger partial charge in [0, 0.05) is 29.5 Å². The second-order valence-corrected chi connectivity index (χ2v) is 9.76.